The number of allylic oxidation sites excluding steroid dienone is 1. The third-order valence-electron chi connectivity index (χ3n) is 6.87. The third kappa shape index (κ3) is 5.93. The fourth-order valence-corrected chi connectivity index (χ4v) is 4.79. The Morgan fingerprint density at radius 2 is 1.92 bits per heavy atom. The van der Waals surface area contributed by atoms with E-state index in [1.54, 1.807) is 19.1 Å². The van der Waals surface area contributed by atoms with Crippen LogP contribution in [0.1, 0.15) is 77.4 Å². The average Bonchev–Trinajstić information content (AvgIpc) is 3.11. The zero-order chi connectivity index (χ0) is 26.5. The Hall–Kier alpha value is -3.87. The van der Waals surface area contributed by atoms with Gasteiger partial charge in [-0.05, 0) is 57.2 Å². The predicted molar refractivity (Wildman–Crippen MR) is 142 cm³/mol. The summed E-state index contributed by atoms with van der Waals surface area (Å²) in [7, 11) is 1.92. The van der Waals surface area contributed by atoms with E-state index in [0.29, 0.717) is 49.7 Å². The number of carbonyl (C=O) groups excluding carboxylic acids is 3. The second kappa shape index (κ2) is 11.5. The quantitative estimate of drug-likeness (QED) is 0.350. The molecule has 1 aliphatic heterocycles. The molecule has 1 N–H and O–H groups in total. The Balaban J connectivity index is 1.59. The van der Waals surface area contributed by atoms with Gasteiger partial charge in [-0.15, -0.1) is 0 Å². The number of ether oxygens (including phenoxy) is 2. The molecule has 0 spiro atoms. The predicted octanol–water partition coefficient (Wildman–Crippen LogP) is 5.94. The molecule has 7 heteroatoms. The van der Waals surface area contributed by atoms with Gasteiger partial charge in [0, 0.05) is 48.1 Å². The van der Waals surface area contributed by atoms with Crippen molar-refractivity contribution in [3.05, 3.63) is 64.9 Å². The SMILES string of the molecule is Cc1c(C(=O)COc2cc(O)c3c(c2)C=CCCCC(=O)CCC[C@H](C)OC3=O)c2ccccc2n1C. The van der Waals surface area contributed by atoms with Gasteiger partial charge in [0.25, 0.3) is 0 Å². The van der Waals surface area contributed by atoms with Gasteiger partial charge in [-0.1, -0.05) is 30.4 Å². The Kier molecular flexibility index (Phi) is 8.11. The lowest BCUT2D eigenvalue weighted by atomic mass is 10.0. The van der Waals surface area contributed by atoms with Crippen LogP contribution in [0.15, 0.2) is 42.5 Å². The van der Waals surface area contributed by atoms with Crippen LogP contribution in [0, 0.1) is 6.92 Å². The number of aromatic hydroxyl groups is 1. The van der Waals surface area contributed by atoms with Crippen LogP contribution in [0.4, 0.5) is 0 Å². The van der Waals surface area contributed by atoms with Gasteiger partial charge < -0.3 is 19.1 Å². The van der Waals surface area contributed by atoms with Gasteiger partial charge in [0.1, 0.15) is 22.8 Å². The molecule has 7 nitrogen and oxygen atoms in total. The van der Waals surface area contributed by atoms with Crippen LogP contribution < -0.4 is 4.74 Å². The molecule has 2 heterocycles. The van der Waals surface area contributed by atoms with E-state index < -0.39 is 12.1 Å². The van der Waals surface area contributed by atoms with Crippen LogP contribution in [0.5, 0.6) is 11.5 Å². The first-order valence-corrected chi connectivity index (χ1v) is 12.7. The van der Waals surface area contributed by atoms with E-state index in [1.165, 1.54) is 6.07 Å². The van der Waals surface area contributed by atoms with Crippen LogP contribution in [-0.2, 0) is 16.6 Å². The lowest BCUT2D eigenvalue weighted by Gasteiger charge is -2.16. The summed E-state index contributed by atoms with van der Waals surface area (Å²) in [6.45, 7) is 3.45. The molecular formula is C30H33NO6. The fourth-order valence-electron chi connectivity index (χ4n) is 4.79. The van der Waals surface area contributed by atoms with Crippen molar-refractivity contribution in [2.45, 2.75) is 58.5 Å². The maximum Gasteiger partial charge on any atom is 0.342 e. The van der Waals surface area contributed by atoms with E-state index in [9.17, 15) is 19.5 Å². The van der Waals surface area contributed by atoms with Crippen molar-refractivity contribution in [2.75, 3.05) is 6.61 Å². The van der Waals surface area contributed by atoms with E-state index >= 15 is 0 Å². The van der Waals surface area contributed by atoms with Crippen molar-refractivity contribution in [3.63, 3.8) is 0 Å². The number of hydrogen-bond donors (Lipinski definition) is 1. The molecule has 1 aromatic heterocycles. The Morgan fingerprint density at radius 3 is 2.73 bits per heavy atom. The maximum absolute atomic E-state index is 13.2. The van der Waals surface area contributed by atoms with Crippen molar-refractivity contribution in [1.82, 2.24) is 4.57 Å². The zero-order valence-electron chi connectivity index (χ0n) is 21.6. The normalized spacial score (nSPS) is 17.2. The van der Waals surface area contributed by atoms with Gasteiger partial charge in [0.2, 0.25) is 5.78 Å². The highest BCUT2D eigenvalue weighted by Crippen LogP contribution is 2.31. The number of hydrogen-bond acceptors (Lipinski definition) is 6. The number of nitrogens with zero attached hydrogens (tertiary/aromatic N) is 1. The molecule has 194 valence electrons. The molecule has 0 bridgehead atoms. The van der Waals surface area contributed by atoms with Gasteiger partial charge in [-0.2, -0.15) is 0 Å². The highest BCUT2D eigenvalue weighted by atomic mass is 16.5. The van der Waals surface area contributed by atoms with Crippen molar-refractivity contribution in [2.24, 2.45) is 7.05 Å². The minimum Gasteiger partial charge on any atom is -0.507 e. The summed E-state index contributed by atoms with van der Waals surface area (Å²) < 4.78 is 13.3. The average molecular weight is 504 g/mol. The van der Waals surface area contributed by atoms with Crippen LogP contribution in [0.25, 0.3) is 17.0 Å². The van der Waals surface area contributed by atoms with Gasteiger partial charge >= 0.3 is 5.97 Å². The summed E-state index contributed by atoms with van der Waals surface area (Å²) in [6, 6.07) is 10.7. The number of rotatable bonds is 4. The number of phenols is 1. The molecule has 3 aromatic rings. The fraction of sp³-hybridized carbons (Fsp3) is 0.367. The van der Waals surface area contributed by atoms with E-state index in [0.717, 1.165) is 16.6 Å². The largest absolute Gasteiger partial charge is 0.507 e. The first-order valence-electron chi connectivity index (χ1n) is 12.7. The number of aryl methyl sites for hydroxylation is 1. The molecule has 2 aromatic carbocycles. The Bertz CT molecular complexity index is 1370. The molecule has 4 rings (SSSR count). The van der Waals surface area contributed by atoms with Gasteiger partial charge in [0.05, 0.1) is 6.10 Å². The lowest BCUT2D eigenvalue weighted by Crippen LogP contribution is -2.17. The summed E-state index contributed by atoms with van der Waals surface area (Å²) in [5.74, 6) is -0.608. The summed E-state index contributed by atoms with van der Waals surface area (Å²) in [5, 5.41) is 11.6. The molecule has 0 saturated heterocycles. The van der Waals surface area contributed by atoms with Crippen molar-refractivity contribution in [3.8, 4) is 11.5 Å². The summed E-state index contributed by atoms with van der Waals surface area (Å²) >= 11 is 0. The third-order valence-corrected chi connectivity index (χ3v) is 6.87. The minimum absolute atomic E-state index is 0.0554. The minimum atomic E-state index is -0.637. The molecule has 1 aliphatic rings. The van der Waals surface area contributed by atoms with Crippen LogP contribution >= 0.6 is 0 Å². The zero-order valence-corrected chi connectivity index (χ0v) is 21.6. The Morgan fingerprint density at radius 1 is 1.16 bits per heavy atom. The summed E-state index contributed by atoms with van der Waals surface area (Å²) in [4.78, 5) is 38.1. The second-order valence-electron chi connectivity index (χ2n) is 9.60. The molecule has 0 unspecified atom stereocenters. The highest BCUT2D eigenvalue weighted by molar-refractivity contribution is 6.10. The topological polar surface area (TPSA) is 94.8 Å². The van der Waals surface area contributed by atoms with Crippen molar-refractivity contribution in [1.29, 1.82) is 0 Å². The molecule has 0 saturated carbocycles. The summed E-state index contributed by atoms with van der Waals surface area (Å²) in [6.07, 6.45) is 6.77. The molecule has 1 atom stereocenters. The van der Waals surface area contributed by atoms with Crippen molar-refractivity contribution >= 4 is 34.5 Å². The number of ketones is 2. The molecule has 0 aliphatic carbocycles. The number of esters is 1. The van der Waals surface area contributed by atoms with Gasteiger partial charge in [-0.3, -0.25) is 9.59 Å². The number of phenolic OH excluding ortho intramolecular Hbond substituents is 1. The van der Waals surface area contributed by atoms with E-state index in [2.05, 4.69) is 0 Å². The second-order valence-corrected chi connectivity index (χ2v) is 9.60. The number of cyclic esters (lactones) is 1. The standard InChI is InChI=1S/C30H33NO6/c1-19-10-9-13-22(32)12-6-4-5-11-21-16-23(17-26(33)29(21)30(35)37-19)36-18-27(34)28-20(2)31(3)25-15-8-7-14-24(25)28/h5,7-8,11,14-17,19,33H,4,6,9-10,12-13,18H2,1-3H3/t19-/m0/s1. The molecular weight excluding hydrogens is 470 g/mol. The smallest absolute Gasteiger partial charge is 0.342 e. The van der Waals surface area contributed by atoms with E-state index in [4.69, 9.17) is 9.47 Å². The molecule has 37 heavy (non-hydrogen) atoms. The van der Waals surface area contributed by atoms with Gasteiger partial charge in [-0.25, -0.2) is 4.79 Å². The molecule has 0 amide bonds. The van der Waals surface area contributed by atoms with Crippen LogP contribution in [0.2, 0.25) is 0 Å². The number of carbonyl (C=O) groups is 3. The van der Waals surface area contributed by atoms with Gasteiger partial charge in [0.15, 0.2) is 6.61 Å². The highest BCUT2D eigenvalue weighted by Gasteiger charge is 2.23. The first-order chi connectivity index (χ1) is 17.8. The number of benzene rings is 2. The number of Topliss-reactive ketones (excluding diaryl/α,β-unsaturated/α-hetero) is 2. The maximum atomic E-state index is 13.2. The van der Waals surface area contributed by atoms with Crippen LogP contribution in [0.3, 0.4) is 0 Å². The van der Waals surface area contributed by atoms with Crippen molar-refractivity contribution < 1.29 is 29.0 Å². The number of aromatic nitrogens is 1. The number of para-hydroxylation sites is 1. The Labute approximate surface area is 216 Å². The lowest BCUT2D eigenvalue weighted by molar-refractivity contribution is -0.119. The first kappa shape index (κ1) is 26.2. The van der Waals surface area contributed by atoms with E-state index in [-0.39, 0.29) is 35.2 Å². The van der Waals surface area contributed by atoms with E-state index in [1.807, 2.05) is 48.9 Å². The van der Waals surface area contributed by atoms with Crippen LogP contribution in [-0.4, -0.2) is 39.9 Å². The monoisotopic (exact) mass is 503 g/mol. The molecule has 0 radical (unpaired) electrons. The molecule has 0 fully saturated rings. The summed E-state index contributed by atoms with van der Waals surface area (Å²) in [5.41, 5.74) is 2.91. The number of fused-ring (bicyclic) bond motifs is 2.